The molecule has 3 aromatic rings. The van der Waals surface area contributed by atoms with Gasteiger partial charge >= 0.3 is 12.2 Å². The van der Waals surface area contributed by atoms with Crippen molar-refractivity contribution in [1.82, 2.24) is 14.7 Å². The van der Waals surface area contributed by atoms with E-state index in [-0.39, 0.29) is 16.4 Å². The molecule has 0 unspecified atom stereocenters. The molecule has 140 valence electrons. The first-order chi connectivity index (χ1) is 12.6. The van der Waals surface area contributed by atoms with Gasteiger partial charge in [-0.05, 0) is 30.3 Å². The van der Waals surface area contributed by atoms with Crippen LogP contribution in [0.2, 0.25) is 10.0 Å². The Bertz CT molecular complexity index is 1030. The smallest absolute Gasteiger partial charge is 0.308 e. The number of imidazole rings is 1. The summed E-state index contributed by atoms with van der Waals surface area (Å²) in [7, 11) is 0. The number of imide groups is 1. The van der Waals surface area contributed by atoms with Crippen LogP contribution in [0.3, 0.4) is 0 Å². The zero-order chi connectivity index (χ0) is 19.8. The van der Waals surface area contributed by atoms with Gasteiger partial charge in [0.15, 0.2) is 5.65 Å². The number of halogens is 5. The van der Waals surface area contributed by atoms with E-state index < -0.39 is 23.7 Å². The molecule has 0 aliphatic rings. The maximum absolute atomic E-state index is 12.8. The summed E-state index contributed by atoms with van der Waals surface area (Å²) < 4.78 is 39.5. The molecular formula is C16H9Cl2F3N4O2. The number of carbonyl (C=O) groups excluding carboxylic acids is 2. The summed E-state index contributed by atoms with van der Waals surface area (Å²) >= 11 is 11.5. The fraction of sp³-hybridized carbons (Fsp3) is 0.0625. The highest BCUT2D eigenvalue weighted by Gasteiger charge is 2.32. The zero-order valence-electron chi connectivity index (χ0n) is 13.1. The van der Waals surface area contributed by atoms with Gasteiger partial charge in [0.2, 0.25) is 0 Å². The van der Waals surface area contributed by atoms with Crippen molar-refractivity contribution >= 4 is 46.5 Å². The van der Waals surface area contributed by atoms with Crippen LogP contribution in [0.15, 0.2) is 42.7 Å². The summed E-state index contributed by atoms with van der Waals surface area (Å²) in [5, 5.41) is 4.61. The minimum absolute atomic E-state index is 0.0482. The Morgan fingerprint density at radius 2 is 1.74 bits per heavy atom. The van der Waals surface area contributed by atoms with Crippen LogP contribution in [0.1, 0.15) is 16.1 Å². The number of pyridine rings is 1. The summed E-state index contributed by atoms with van der Waals surface area (Å²) in [5.41, 5.74) is -0.933. The molecule has 11 heteroatoms. The minimum Gasteiger partial charge on any atom is -0.308 e. The van der Waals surface area contributed by atoms with Crippen molar-refractivity contribution in [1.29, 1.82) is 0 Å². The highest BCUT2D eigenvalue weighted by atomic mass is 35.5. The monoisotopic (exact) mass is 416 g/mol. The number of fused-ring (bicyclic) bond motifs is 1. The molecule has 2 aromatic heterocycles. The third-order valence-electron chi connectivity index (χ3n) is 3.40. The number of amides is 3. The third kappa shape index (κ3) is 4.32. The number of anilines is 1. The lowest BCUT2D eigenvalue weighted by atomic mass is 10.3. The molecule has 0 aliphatic carbocycles. The molecule has 2 heterocycles. The topological polar surface area (TPSA) is 75.5 Å². The average Bonchev–Trinajstić information content (AvgIpc) is 3.01. The molecule has 27 heavy (non-hydrogen) atoms. The number of hydrogen-bond acceptors (Lipinski definition) is 3. The van der Waals surface area contributed by atoms with E-state index in [0.717, 1.165) is 16.8 Å². The molecule has 0 saturated carbocycles. The van der Waals surface area contributed by atoms with Gasteiger partial charge in [-0.25, -0.2) is 9.78 Å². The molecule has 0 bridgehead atoms. The van der Waals surface area contributed by atoms with Crippen LogP contribution in [-0.2, 0) is 6.18 Å². The van der Waals surface area contributed by atoms with E-state index in [2.05, 4.69) is 10.3 Å². The maximum atomic E-state index is 12.8. The van der Waals surface area contributed by atoms with Crippen molar-refractivity contribution in [2.75, 3.05) is 5.32 Å². The van der Waals surface area contributed by atoms with E-state index in [0.29, 0.717) is 16.8 Å². The Morgan fingerprint density at radius 3 is 2.37 bits per heavy atom. The van der Waals surface area contributed by atoms with Gasteiger partial charge in [0.25, 0.3) is 5.91 Å². The number of benzene rings is 1. The first-order valence-corrected chi connectivity index (χ1v) is 8.02. The Kier molecular flexibility index (Phi) is 4.99. The van der Waals surface area contributed by atoms with Gasteiger partial charge in [0, 0.05) is 23.1 Å². The molecule has 3 rings (SSSR count). The lowest BCUT2D eigenvalue weighted by Crippen LogP contribution is -2.34. The average molecular weight is 417 g/mol. The number of hydrogen-bond donors (Lipinski definition) is 2. The highest BCUT2D eigenvalue weighted by Crippen LogP contribution is 2.32. The van der Waals surface area contributed by atoms with Crippen molar-refractivity contribution in [3.8, 4) is 0 Å². The van der Waals surface area contributed by atoms with Gasteiger partial charge in [-0.15, -0.1) is 0 Å². The Hall–Kier alpha value is -2.78. The quantitative estimate of drug-likeness (QED) is 0.639. The number of alkyl halides is 3. The number of rotatable bonds is 2. The SMILES string of the molecule is O=C(NC(=O)c1cn2cc(C(F)(F)F)cc(Cl)c2n1)Nc1ccc(Cl)cc1. The summed E-state index contributed by atoms with van der Waals surface area (Å²) in [6, 6.07) is 5.99. The van der Waals surface area contributed by atoms with E-state index in [1.54, 1.807) is 12.1 Å². The number of nitrogens with one attached hydrogen (secondary N) is 2. The molecule has 0 radical (unpaired) electrons. The van der Waals surface area contributed by atoms with Gasteiger partial charge in [-0.1, -0.05) is 23.2 Å². The number of carbonyl (C=O) groups is 2. The second kappa shape index (κ2) is 7.09. The van der Waals surface area contributed by atoms with Crippen molar-refractivity contribution in [2.45, 2.75) is 6.18 Å². The molecule has 0 saturated heterocycles. The normalized spacial score (nSPS) is 11.4. The van der Waals surface area contributed by atoms with Crippen molar-refractivity contribution < 1.29 is 22.8 Å². The molecule has 6 nitrogen and oxygen atoms in total. The van der Waals surface area contributed by atoms with Gasteiger partial charge in [-0.3, -0.25) is 10.1 Å². The molecule has 0 atom stereocenters. The fourth-order valence-corrected chi connectivity index (χ4v) is 2.57. The molecule has 3 amide bonds. The Labute approximate surface area is 159 Å². The lowest BCUT2D eigenvalue weighted by Gasteiger charge is -2.07. The first kappa shape index (κ1) is 19.0. The standard InChI is InChI=1S/C16H9Cl2F3N4O2/c17-9-1-3-10(4-2-9)22-15(27)24-14(26)12-7-25-6-8(16(19,20)21)5-11(18)13(25)23-12/h1-7H,(H2,22,24,26,27). The zero-order valence-corrected chi connectivity index (χ0v) is 14.7. The summed E-state index contributed by atoms with van der Waals surface area (Å²) in [6.07, 6.45) is -2.82. The molecule has 1 aromatic carbocycles. The highest BCUT2D eigenvalue weighted by molar-refractivity contribution is 6.33. The van der Waals surface area contributed by atoms with Crippen LogP contribution in [-0.4, -0.2) is 21.3 Å². The molecule has 0 fully saturated rings. The Morgan fingerprint density at radius 1 is 1.07 bits per heavy atom. The van der Waals surface area contributed by atoms with E-state index in [9.17, 15) is 22.8 Å². The van der Waals surface area contributed by atoms with Crippen LogP contribution < -0.4 is 10.6 Å². The molecule has 0 spiro atoms. The number of urea groups is 1. The van der Waals surface area contributed by atoms with Crippen molar-refractivity contribution in [3.63, 3.8) is 0 Å². The maximum Gasteiger partial charge on any atom is 0.417 e. The van der Waals surface area contributed by atoms with Crippen molar-refractivity contribution in [2.24, 2.45) is 0 Å². The van der Waals surface area contributed by atoms with Crippen LogP contribution >= 0.6 is 23.2 Å². The molecule has 2 N–H and O–H groups in total. The largest absolute Gasteiger partial charge is 0.417 e. The summed E-state index contributed by atoms with van der Waals surface area (Å²) in [5.74, 6) is -0.908. The number of nitrogens with zero attached hydrogens (tertiary/aromatic N) is 2. The van der Waals surface area contributed by atoms with E-state index in [1.807, 2.05) is 5.32 Å². The van der Waals surface area contributed by atoms with Gasteiger partial charge in [0.05, 0.1) is 10.6 Å². The van der Waals surface area contributed by atoms with Crippen LogP contribution in [0.5, 0.6) is 0 Å². The van der Waals surface area contributed by atoms with E-state index in [1.165, 1.54) is 12.1 Å². The van der Waals surface area contributed by atoms with Crippen LogP contribution in [0.25, 0.3) is 5.65 Å². The second-order valence-corrected chi connectivity index (χ2v) is 6.19. The third-order valence-corrected chi connectivity index (χ3v) is 3.93. The van der Waals surface area contributed by atoms with E-state index >= 15 is 0 Å². The van der Waals surface area contributed by atoms with Gasteiger partial charge in [-0.2, -0.15) is 13.2 Å². The van der Waals surface area contributed by atoms with Gasteiger partial charge < -0.3 is 9.72 Å². The van der Waals surface area contributed by atoms with Crippen molar-refractivity contribution in [3.05, 3.63) is 64.0 Å². The number of aromatic nitrogens is 2. The molecule has 0 aliphatic heterocycles. The predicted octanol–water partition coefficient (Wildman–Crippen LogP) is 4.62. The Balaban J connectivity index is 1.78. The molecular weight excluding hydrogens is 408 g/mol. The van der Waals surface area contributed by atoms with Crippen LogP contribution in [0, 0.1) is 0 Å². The summed E-state index contributed by atoms with van der Waals surface area (Å²) in [4.78, 5) is 27.9. The fourth-order valence-electron chi connectivity index (χ4n) is 2.18. The summed E-state index contributed by atoms with van der Waals surface area (Å²) in [6.45, 7) is 0. The van der Waals surface area contributed by atoms with Crippen LogP contribution in [0.4, 0.5) is 23.7 Å². The van der Waals surface area contributed by atoms with E-state index in [4.69, 9.17) is 23.2 Å². The lowest BCUT2D eigenvalue weighted by molar-refractivity contribution is -0.137. The minimum atomic E-state index is -4.61. The van der Waals surface area contributed by atoms with Gasteiger partial charge in [0.1, 0.15) is 5.69 Å². The first-order valence-electron chi connectivity index (χ1n) is 7.27. The predicted molar refractivity (Wildman–Crippen MR) is 93.1 cm³/mol. The second-order valence-electron chi connectivity index (χ2n) is 5.35.